The number of hydrogen-bond donors (Lipinski definition) is 1. The molecule has 0 bridgehead atoms. The number of aromatic nitrogens is 1. The molecule has 3 nitrogen and oxygen atoms in total. The minimum Gasteiger partial charge on any atom is -0.481 e. The molecule has 12 heavy (non-hydrogen) atoms. The van der Waals surface area contributed by atoms with Gasteiger partial charge in [0.15, 0.2) is 0 Å². The molecular formula is C8H11NO2S. The first-order valence-corrected chi connectivity index (χ1v) is 4.62. The lowest BCUT2D eigenvalue weighted by Gasteiger charge is -1.87. The highest BCUT2D eigenvalue weighted by atomic mass is 32.1. The topological polar surface area (TPSA) is 50.2 Å². The van der Waals surface area contributed by atoms with Gasteiger partial charge >= 0.3 is 5.97 Å². The largest absolute Gasteiger partial charge is 0.481 e. The summed E-state index contributed by atoms with van der Waals surface area (Å²) >= 11 is 1.48. The molecule has 0 unspecified atom stereocenters. The van der Waals surface area contributed by atoms with E-state index >= 15 is 0 Å². The molecule has 0 aliphatic carbocycles. The van der Waals surface area contributed by atoms with Crippen molar-refractivity contribution >= 4 is 17.3 Å². The highest BCUT2D eigenvalue weighted by molar-refractivity contribution is 7.11. The fraction of sp³-hybridized carbons (Fsp3) is 0.500. The van der Waals surface area contributed by atoms with Crippen LogP contribution in [0.4, 0.5) is 0 Å². The second kappa shape index (κ2) is 3.67. The summed E-state index contributed by atoms with van der Waals surface area (Å²) < 4.78 is 0. The standard InChI is InChI=1S/C8H11NO2S/c1-3-6-5(2)12-7(9-6)4-8(10)11/h3-4H2,1-2H3,(H,10,11). The number of hydrogen-bond acceptors (Lipinski definition) is 3. The fourth-order valence-electron chi connectivity index (χ4n) is 1.02. The van der Waals surface area contributed by atoms with Crippen molar-refractivity contribution in [3.05, 3.63) is 15.6 Å². The van der Waals surface area contributed by atoms with E-state index in [0.717, 1.165) is 17.0 Å². The average molecular weight is 185 g/mol. The van der Waals surface area contributed by atoms with E-state index in [1.165, 1.54) is 11.3 Å². The van der Waals surface area contributed by atoms with Crippen LogP contribution in [0.5, 0.6) is 0 Å². The van der Waals surface area contributed by atoms with Crippen molar-refractivity contribution in [3.63, 3.8) is 0 Å². The van der Waals surface area contributed by atoms with E-state index in [1.54, 1.807) is 0 Å². The number of rotatable bonds is 3. The summed E-state index contributed by atoms with van der Waals surface area (Å²) in [6.07, 6.45) is 0.924. The quantitative estimate of drug-likeness (QED) is 0.778. The Kier molecular flexibility index (Phi) is 2.81. The first-order chi connectivity index (χ1) is 5.63. The molecule has 0 aliphatic rings. The molecule has 66 valence electrons. The number of carbonyl (C=O) groups is 1. The van der Waals surface area contributed by atoms with Gasteiger partial charge in [0, 0.05) is 4.88 Å². The third-order valence-electron chi connectivity index (χ3n) is 1.57. The third-order valence-corrected chi connectivity index (χ3v) is 2.59. The predicted molar refractivity (Wildman–Crippen MR) is 47.6 cm³/mol. The van der Waals surface area contributed by atoms with E-state index in [4.69, 9.17) is 5.11 Å². The maximum absolute atomic E-state index is 10.3. The molecule has 0 atom stereocenters. The Morgan fingerprint density at radius 1 is 1.67 bits per heavy atom. The monoisotopic (exact) mass is 185 g/mol. The van der Waals surface area contributed by atoms with Crippen LogP contribution in [0.25, 0.3) is 0 Å². The summed E-state index contributed by atoms with van der Waals surface area (Å²) in [6.45, 7) is 3.99. The van der Waals surface area contributed by atoms with Gasteiger partial charge in [0.05, 0.1) is 12.1 Å². The first-order valence-electron chi connectivity index (χ1n) is 3.80. The van der Waals surface area contributed by atoms with Crippen LogP contribution >= 0.6 is 11.3 Å². The van der Waals surface area contributed by atoms with Crippen molar-refractivity contribution in [2.75, 3.05) is 0 Å². The summed E-state index contributed by atoms with van der Waals surface area (Å²) in [7, 11) is 0. The minimum absolute atomic E-state index is 0.0471. The van der Waals surface area contributed by atoms with Gasteiger partial charge in [-0.3, -0.25) is 4.79 Å². The van der Waals surface area contributed by atoms with E-state index in [-0.39, 0.29) is 6.42 Å². The fourth-order valence-corrected chi connectivity index (χ4v) is 2.03. The maximum Gasteiger partial charge on any atom is 0.310 e. The van der Waals surface area contributed by atoms with Crippen LogP contribution < -0.4 is 0 Å². The Bertz CT molecular complexity index is 293. The first kappa shape index (κ1) is 9.19. The van der Waals surface area contributed by atoms with Crippen molar-refractivity contribution < 1.29 is 9.90 Å². The molecule has 1 N–H and O–H groups in total. The lowest BCUT2D eigenvalue weighted by atomic mass is 10.3. The number of aryl methyl sites for hydroxylation is 2. The molecule has 1 heterocycles. The van der Waals surface area contributed by atoms with Crippen molar-refractivity contribution in [2.45, 2.75) is 26.7 Å². The predicted octanol–water partition coefficient (Wildman–Crippen LogP) is 1.64. The second-order valence-electron chi connectivity index (χ2n) is 2.53. The van der Waals surface area contributed by atoms with Gasteiger partial charge in [0.1, 0.15) is 5.01 Å². The van der Waals surface area contributed by atoms with Crippen LogP contribution in [-0.4, -0.2) is 16.1 Å². The smallest absolute Gasteiger partial charge is 0.310 e. The van der Waals surface area contributed by atoms with E-state index in [0.29, 0.717) is 5.01 Å². The Morgan fingerprint density at radius 2 is 2.33 bits per heavy atom. The maximum atomic E-state index is 10.3. The molecule has 0 amide bonds. The zero-order chi connectivity index (χ0) is 9.14. The minimum atomic E-state index is -0.814. The number of carboxylic acid groups (broad SMARTS) is 1. The Morgan fingerprint density at radius 3 is 2.75 bits per heavy atom. The van der Waals surface area contributed by atoms with Gasteiger partial charge in [-0.15, -0.1) is 11.3 Å². The van der Waals surface area contributed by atoms with Gasteiger partial charge in [-0.2, -0.15) is 0 Å². The summed E-state index contributed by atoms with van der Waals surface area (Å²) in [5, 5.41) is 9.21. The van der Waals surface area contributed by atoms with Gasteiger partial charge in [0.2, 0.25) is 0 Å². The van der Waals surface area contributed by atoms with Crippen LogP contribution in [0.1, 0.15) is 22.5 Å². The van der Waals surface area contributed by atoms with Crippen LogP contribution in [0.15, 0.2) is 0 Å². The molecular weight excluding hydrogens is 174 g/mol. The van der Waals surface area contributed by atoms with Gasteiger partial charge in [-0.1, -0.05) is 6.92 Å². The molecule has 0 saturated heterocycles. The van der Waals surface area contributed by atoms with Crippen LogP contribution in [0.3, 0.4) is 0 Å². The van der Waals surface area contributed by atoms with Crippen LogP contribution in [-0.2, 0) is 17.6 Å². The SMILES string of the molecule is CCc1nc(CC(=O)O)sc1C. The van der Waals surface area contributed by atoms with Gasteiger partial charge in [-0.05, 0) is 13.3 Å². The molecule has 0 saturated carbocycles. The van der Waals surface area contributed by atoms with Gasteiger partial charge < -0.3 is 5.11 Å². The van der Waals surface area contributed by atoms with Gasteiger partial charge in [-0.25, -0.2) is 4.98 Å². The highest BCUT2D eigenvalue weighted by Gasteiger charge is 2.08. The molecule has 1 aromatic heterocycles. The van der Waals surface area contributed by atoms with Crippen LogP contribution in [0, 0.1) is 6.92 Å². The van der Waals surface area contributed by atoms with E-state index in [9.17, 15) is 4.79 Å². The molecule has 0 radical (unpaired) electrons. The highest BCUT2D eigenvalue weighted by Crippen LogP contribution is 2.17. The summed E-state index contributed by atoms with van der Waals surface area (Å²) in [6, 6.07) is 0. The number of carboxylic acids is 1. The van der Waals surface area contributed by atoms with E-state index < -0.39 is 5.97 Å². The zero-order valence-corrected chi connectivity index (χ0v) is 7.94. The van der Waals surface area contributed by atoms with Crippen molar-refractivity contribution in [1.29, 1.82) is 0 Å². The van der Waals surface area contributed by atoms with Crippen LogP contribution in [0.2, 0.25) is 0 Å². The van der Waals surface area contributed by atoms with Gasteiger partial charge in [0.25, 0.3) is 0 Å². The van der Waals surface area contributed by atoms with Crippen molar-refractivity contribution in [1.82, 2.24) is 4.98 Å². The summed E-state index contributed by atoms with van der Waals surface area (Å²) in [4.78, 5) is 15.7. The Hall–Kier alpha value is -0.900. The molecule has 4 heteroatoms. The normalized spacial score (nSPS) is 10.2. The Balaban J connectivity index is 2.82. The molecule has 0 aromatic carbocycles. The zero-order valence-electron chi connectivity index (χ0n) is 7.13. The lowest BCUT2D eigenvalue weighted by molar-refractivity contribution is -0.136. The average Bonchev–Trinajstić information content (AvgIpc) is 2.29. The second-order valence-corrected chi connectivity index (χ2v) is 3.82. The molecule has 0 fully saturated rings. The number of thiazole rings is 1. The lowest BCUT2D eigenvalue weighted by Crippen LogP contribution is -1.99. The third kappa shape index (κ3) is 2.04. The summed E-state index contributed by atoms with van der Waals surface area (Å²) in [5.74, 6) is -0.814. The summed E-state index contributed by atoms with van der Waals surface area (Å²) in [5.41, 5.74) is 1.02. The molecule has 0 aliphatic heterocycles. The van der Waals surface area contributed by atoms with E-state index in [2.05, 4.69) is 4.98 Å². The molecule has 1 aromatic rings. The van der Waals surface area contributed by atoms with Crippen molar-refractivity contribution in [2.24, 2.45) is 0 Å². The number of aliphatic carboxylic acids is 1. The Labute approximate surface area is 75.1 Å². The molecule has 0 spiro atoms. The number of nitrogens with zero attached hydrogens (tertiary/aromatic N) is 1. The van der Waals surface area contributed by atoms with Crippen molar-refractivity contribution in [3.8, 4) is 0 Å². The van der Waals surface area contributed by atoms with E-state index in [1.807, 2.05) is 13.8 Å². The molecule has 1 rings (SSSR count).